The average molecular weight is 380 g/mol. The zero-order chi connectivity index (χ0) is 18.0. The van der Waals surface area contributed by atoms with Gasteiger partial charge in [-0.15, -0.1) is 0 Å². The zero-order valence-corrected chi connectivity index (χ0v) is 15.2. The summed E-state index contributed by atoms with van der Waals surface area (Å²) in [6.07, 6.45) is 2.36. The lowest BCUT2D eigenvalue weighted by Gasteiger charge is -2.27. The molecule has 25 heavy (non-hydrogen) atoms. The van der Waals surface area contributed by atoms with Crippen molar-refractivity contribution in [1.29, 1.82) is 0 Å². The second-order valence-electron chi connectivity index (χ2n) is 5.90. The van der Waals surface area contributed by atoms with Crippen LogP contribution in [0.1, 0.15) is 40.4 Å². The zero-order valence-electron chi connectivity index (χ0n) is 13.7. The highest BCUT2D eigenvalue weighted by Gasteiger charge is 2.27. The van der Waals surface area contributed by atoms with Gasteiger partial charge in [0.2, 0.25) is 10.0 Å². The number of carbonyl (C=O) groups excluding carboxylic acids is 1. The number of methoxy groups -OCH3 is 1. The number of ether oxygens (including phenoxy) is 1. The van der Waals surface area contributed by atoms with Gasteiger partial charge >= 0.3 is 5.97 Å². The summed E-state index contributed by atoms with van der Waals surface area (Å²) in [5, 5.41) is 0.175. The fourth-order valence-electron chi connectivity index (χ4n) is 3.08. The second kappa shape index (κ2) is 7.15. The number of sulfonamides is 1. The molecule has 0 aliphatic heterocycles. The van der Waals surface area contributed by atoms with E-state index in [1.807, 2.05) is 6.07 Å². The lowest BCUT2D eigenvalue weighted by atomic mass is 9.87. The molecule has 0 saturated heterocycles. The maximum atomic E-state index is 12.7. The molecular formula is C18H18ClNO4S. The number of fused-ring (bicyclic) bond motifs is 1. The van der Waals surface area contributed by atoms with Crippen molar-refractivity contribution in [2.24, 2.45) is 0 Å². The van der Waals surface area contributed by atoms with Crippen LogP contribution in [0.2, 0.25) is 5.02 Å². The normalized spacial score (nSPS) is 17.0. The number of carbonyl (C=O) groups is 1. The van der Waals surface area contributed by atoms with Crippen LogP contribution in [-0.2, 0) is 21.2 Å². The summed E-state index contributed by atoms with van der Waals surface area (Å²) < 4.78 is 32.9. The summed E-state index contributed by atoms with van der Waals surface area (Å²) in [5.74, 6) is -0.443. The number of aryl methyl sites for hydroxylation is 1. The lowest BCUT2D eigenvalue weighted by molar-refractivity contribution is 0.0600. The summed E-state index contributed by atoms with van der Waals surface area (Å²) in [4.78, 5) is 11.8. The van der Waals surface area contributed by atoms with Crippen molar-refractivity contribution >= 4 is 27.6 Å². The Kier molecular flexibility index (Phi) is 5.13. The minimum atomic E-state index is -3.77. The van der Waals surface area contributed by atoms with Crippen LogP contribution in [0.5, 0.6) is 0 Å². The van der Waals surface area contributed by atoms with Gasteiger partial charge in [0.15, 0.2) is 0 Å². The number of hydrogen-bond acceptors (Lipinski definition) is 4. The number of esters is 1. The average Bonchev–Trinajstić information content (AvgIpc) is 2.61. The van der Waals surface area contributed by atoms with Crippen molar-refractivity contribution in [3.63, 3.8) is 0 Å². The van der Waals surface area contributed by atoms with E-state index in [2.05, 4.69) is 4.72 Å². The van der Waals surface area contributed by atoms with Crippen molar-refractivity contribution < 1.29 is 17.9 Å². The van der Waals surface area contributed by atoms with Gasteiger partial charge in [-0.3, -0.25) is 0 Å². The topological polar surface area (TPSA) is 72.5 Å². The molecule has 0 heterocycles. The third-order valence-corrected chi connectivity index (χ3v) is 6.28. The maximum absolute atomic E-state index is 12.7. The Balaban J connectivity index is 1.95. The Labute approximate surface area is 152 Å². The molecule has 0 aromatic heterocycles. The standard InChI is InChI=1S/C18H18ClNO4S/c1-24-18(21)13-10-9-12-5-4-7-16(14(12)11-13)20-25(22,23)17-8-3-2-6-15(17)19/h2-3,6,8-11,16,20H,4-5,7H2,1H3. The van der Waals surface area contributed by atoms with Gasteiger partial charge in [0.05, 0.1) is 17.7 Å². The van der Waals surface area contributed by atoms with E-state index >= 15 is 0 Å². The number of nitrogens with one attached hydrogen (secondary N) is 1. The highest BCUT2D eigenvalue weighted by Crippen LogP contribution is 2.32. The van der Waals surface area contributed by atoms with Gasteiger partial charge in [0, 0.05) is 6.04 Å². The summed E-state index contributed by atoms with van der Waals surface area (Å²) >= 11 is 6.03. The summed E-state index contributed by atoms with van der Waals surface area (Å²) in [6, 6.07) is 11.2. The first kappa shape index (κ1) is 17.9. The van der Waals surface area contributed by atoms with Crippen molar-refractivity contribution in [3.05, 3.63) is 64.2 Å². The van der Waals surface area contributed by atoms with Crippen molar-refractivity contribution in [2.45, 2.75) is 30.2 Å². The predicted molar refractivity (Wildman–Crippen MR) is 95.2 cm³/mol. The fourth-order valence-corrected chi connectivity index (χ4v) is 4.85. The summed E-state index contributed by atoms with van der Waals surface area (Å²) in [5.41, 5.74) is 2.25. The molecule has 2 aromatic rings. The van der Waals surface area contributed by atoms with Gasteiger partial charge in [-0.2, -0.15) is 0 Å². The fraction of sp³-hybridized carbons (Fsp3) is 0.278. The van der Waals surface area contributed by atoms with E-state index in [9.17, 15) is 13.2 Å². The van der Waals surface area contributed by atoms with Crippen molar-refractivity contribution in [2.75, 3.05) is 7.11 Å². The molecule has 2 aromatic carbocycles. The van der Waals surface area contributed by atoms with Gasteiger partial charge in [-0.1, -0.05) is 29.8 Å². The van der Waals surface area contributed by atoms with Crippen molar-refractivity contribution in [3.8, 4) is 0 Å². The molecule has 0 bridgehead atoms. The lowest BCUT2D eigenvalue weighted by Crippen LogP contribution is -2.31. The third-order valence-electron chi connectivity index (χ3n) is 4.30. The first-order valence-corrected chi connectivity index (χ1v) is 9.76. The first-order chi connectivity index (χ1) is 11.9. The summed E-state index contributed by atoms with van der Waals surface area (Å²) in [6.45, 7) is 0. The van der Waals surface area contributed by atoms with Crippen molar-refractivity contribution in [1.82, 2.24) is 4.72 Å². The Morgan fingerprint density at radius 2 is 2.00 bits per heavy atom. The molecule has 7 heteroatoms. The second-order valence-corrected chi connectivity index (χ2v) is 7.99. The van der Waals surface area contributed by atoms with E-state index in [1.165, 1.54) is 13.2 Å². The quantitative estimate of drug-likeness (QED) is 0.825. The molecule has 1 unspecified atom stereocenters. The van der Waals surface area contributed by atoms with Gasteiger partial charge in [-0.05, 0) is 54.7 Å². The van der Waals surface area contributed by atoms with Crippen LogP contribution in [0, 0.1) is 0 Å². The smallest absolute Gasteiger partial charge is 0.337 e. The molecule has 1 atom stereocenters. The molecule has 5 nitrogen and oxygen atoms in total. The molecule has 0 spiro atoms. The molecule has 1 aliphatic carbocycles. The molecular weight excluding hydrogens is 362 g/mol. The largest absolute Gasteiger partial charge is 0.465 e. The number of rotatable bonds is 4. The maximum Gasteiger partial charge on any atom is 0.337 e. The summed E-state index contributed by atoms with van der Waals surface area (Å²) in [7, 11) is -2.45. The van der Waals surface area contributed by atoms with Gasteiger partial charge < -0.3 is 4.74 Å². The van der Waals surface area contributed by atoms with E-state index < -0.39 is 22.0 Å². The van der Waals surface area contributed by atoms with E-state index in [0.717, 1.165) is 24.0 Å². The van der Waals surface area contributed by atoms with E-state index in [0.29, 0.717) is 12.0 Å². The van der Waals surface area contributed by atoms with Crippen LogP contribution in [0.15, 0.2) is 47.4 Å². The molecule has 0 fully saturated rings. The molecule has 0 saturated carbocycles. The SMILES string of the molecule is COC(=O)c1ccc2c(c1)C(NS(=O)(=O)c1ccccc1Cl)CCC2. The van der Waals surface area contributed by atoms with Gasteiger partial charge in [0.1, 0.15) is 4.90 Å². The van der Waals surface area contributed by atoms with Crippen LogP contribution >= 0.6 is 11.6 Å². The van der Waals surface area contributed by atoms with Crippen LogP contribution in [-0.4, -0.2) is 21.5 Å². The first-order valence-electron chi connectivity index (χ1n) is 7.90. The molecule has 132 valence electrons. The van der Waals surface area contributed by atoms with Crippen LogP contribution in [0.3, 0.4) is 0 Å². The molecule has 0 radical (unpaired) electrons. The minimum absolute atomic E-state index is 0.0490. The molecule has 0 amide bonds. The Morgan fingerprint density at radius 1 is 1.24 bits per heavy atom. The van der Waals surface area contributed by atoms with E-state index in [1.54, 1.807) is 30.3 Å². The van der Waals surface area contributed by atoms with E-state index in [-0.39, 0.29) is 9.92 Å². The number of halogens is 1. The minimum Gasteiger partial charge on any atom is -0.465 e. The Morgan fingerprint density at radius 3 is 2.72 bits per heavy atom. The van der Waals surface area contributed by atoms with Crippen LogP contribution in [0.25, 0.3) is 0 Å². The number of benzene rings is 2. The molecule has 3 rings (SSSR count). The Bertz CT molecular complexity index is 911. The monoisotopic (exact) mass is 379 g/mol. The molecule has 1 N–H and O–H groups in total. The van der Waals surface area contributed by atoms with Crippen LogP contribution < -0.4 is 4.72 Å². The highest BCUT2D eigenvalue weighted by atomic mass is 35.5. The third kappa shape index (κ3) is 3.71. The van der Waals surface area contributed by atoms with E-state index in [4.69, 9.17) is 16.3 Å². The van der Waals surface area contributed by atoms with Gasteiger partial charge in [-0.25, -0.2) is 17.9 Å². The molecule has 1 aliphatic rings. The van der Waals surface area contributed by atoms with Crippen LogP contribution in [0.4, 0.5) is 0 Å². The Hall–Kier alpha value is -1.89. The highest BCUT2D eigenvalue weighted by molar-refractivity contribution is 7.89. The number of hydrogen-bond donors (Lipinski definition) is 1. The van der Waals surface area contributed by atoms with Gasteiger partial charge in [0.25, 0.3) is 0 Å². The predicted octanol–water partition coefficient (Wildman–Crippen LogP) is 3.48.